The van der Waals surface area contributed by atoms with E-state index in [0.29, 0.717) is 22.5 Å². The van der Waals surface area contributed by atoms with E-state index in [1.165, 1.54) is 12.1 Å². The number of nitrogens with zero attached hydrogens (tertiary/aromatic N) is 2. The van der Waals surface area contributed by atoms with Crippen LogP contribution in [0.2, 0.25) is 0 Å². The second-order valence-electron chi connectivity index (χ2n) is 7.59. The van der Waals surface area contributed by atoms with E-state index < -0.39 is 24.2 Å². The maximum atomic E-state index is 12.5. The average Bonchev–Trinajstić information content (AvgIpc) is 2.64. The number of primary amides is 1. The van der Waals surface area contributed by atoms with Gasteiger partial charge in [0, 0.05) is 22.6 Å². The quantitative estimate of drug-likeness (QED) is 0.644. The fourth-order valence-electron chi connectivity index (χ4n) is 2.96. The Hall–Kier alpha value is -3.29. The molecule has 0 aliphatic carbocycles. The van der Waals surface area contributed by atoms with E-state index in [2.05, 4.69) is 14.7 Å². The van der Waals surface area contributed by atoms with Crippen LogP contribution in [-0.4, -0.2) is 22.7 Å². The number of aromatic nitrogens is 2. The van der Waals surface area contributed by atoms with Gasteiger partial charge in [-0.05, 0) is 30.3 Å². The van der Waals surface area contributed by atoms with E-state index in [4.69, 9.17) is 10.5 Å². The molecule has 2 heterocycles. The maximum absolute atomic E-state index is 12.5. The minimum atomic E-state index is -2.90. The summed E-state index contributed by atoms with van der Waals surface area (Å²) >= 11 is 0. The summed E-state index contributed by atoms with van der Waals surface area (Å²) in [6.07, 6.45) is 0.0999. The molecule has 3 rings (SSSR count). The second-order valence-corrected chi connectivity index (χ2v) is 7.59. The normalized spacial score (nSPS) is 12.8. The molecule has 1 unspecified atom stereocenters. The van der Waals surface area contributed by atoms with Gasteiger partial charge in [0.25, 0.3) is 0 Å². The molecule has 0 spiro atoms. The minimum absolute atomic E-state index is 0.0532. The molecule has 2 aromatic heterocycles. The standard InChI is InChI=1S/C21H21F2N3O3/c1-21(2,3)18(29-20(24)27)17-10-16-13(11-25-17)7-8-15(26-16)12-5-4-6-14(9-12)28-19(22)23/h4-11,18-19H,1-3H3,(H2,24,27). The van der Waals surface area contributed by atoms with Crippen LogP contribution in [0, 0.1) is 5.41 Å². The molecule has 3 aromatic rings. The maximum Gasteiger partial charge on any atom is 0.405 e. The Morgan fingerprint density at radius 3 is 2.55 bits per heavy atom. The van der Waals surface area contributed by atoms with Crippen LogP contribution in [-0.2, 0) is 4.74 Å². The van der Waals surface area contributed by atoms with E-state index in [9.17, 15) is 13.6 Å². The number of nitrogens with two attached hydrogens (primary N) is 1. The summed E-state index contributed by atoms with van der Waals surface area (Å²) in [5.41, 5.74) is 7.13. The summed E-state index contributed by atoms with van der Waals surface area (Å²) in [5, 5.41) is 0.782. The van der Waals surface area contributed by atoms with Crippen LogP contribution in [0.5, 0.6) is 5.75 Å². The van der Waals surface area contributed by atoms with Crippen LogP contribution in [0.25, 0.3) is 22.2 Å². The molecule has 0 aliphatic rings. The van der Waals surface area contributed by atoms with Crippen LogP contribution in [0.4, 0.5) is 13.6 Å². The first-order chi connectivity index (χ1) is 13.6. The number of carbonyl (C=O) groups is 1. The highest BCUT2D eigenvalue weighted by Gasteiger charge is 2.31. The zero-order valence-electron chi connectivity index (χ0n) is 16.2. The number of alkyl halides is 2. The van der Waals surface area contributed by atoms with Gasteiger partial charge in [-0.15, -0.1) is 0 Å². The zero-order chi connectivity index (χ0) is 21.2. The van der Waals surface area contributed by atoms with E-state index >= 15 is 0 Å². The molecule has 6 nitrogen and oxygen atoms in total. The van der Waals surface area contributed by atoms with Crippen molar-refractivity contribution >= 4 is 17.0 Å². The number of amides is 1. The highest BCUT2D eigenvalue weighted by atomic mass is 19.3. The number of pyridine rings is 2. The van der Waals surface area contributed by atoms with Gasteiger partial charge < -0.3 is 15.2 Å². The molecule has 29 heavy (non-hydrogen) atoms. The Balaban J connectivity index is 2.02. The molecule has 152 valence electrons. The summed E-state index contributed by atoms with van der Waals surface area (Å²) in [6.45, 7) is 2.82. The first-order valence-corrected chi connectivity index (χ1v) is 8.91. The van der Waals surface area contributed by atoms with Crippen molar-refractivity contribution in [2.45, 2.75) is 33.5 Å². The summed E-state index contributed by atoms with van der Waals surface area (Å²) in [4.78, 5) is 20.3. The number of rotatable bonds is 5. The molecule has 0 saturated carbocycles. The van der Waals surface area contributed by atoms with Crippen LogP contribution in [0.1, 0.15) is 32.6 Å². The van der Waals surface area contributed by atoms with Gasteiger partial charge in [-0.1, -0.05) is 32.9 Å². The van der Waals surface area contributed by atoms with Crippen LogP contribution >= 0.6 is 0 Å². The van der Waals surface area contributed by atoms with Gasteiger partial charge >= 0.3 is 12.7 Å². The van der Waals surface area contributed by atoms with Gasteiger partial charge in [0.05, 0.1) is 16.9 Å². The average molecular weight is 401 g/mol. The van der Waals surface area contributed by atoms with E-state index in [1.54, 1.807) is 30.5 Å². The summed E-state index contributed by atoms with van der Waals surface area (Å²) in [5.74, 6) is 0.0532. The SMILES string of the molecule is CC(C)(C)C(OC(N)=O)c1cc2nc(-c3cccc(OC(F)F)c3)ccc2cn1. The summed E-state index contributed by atoms with van der Waals surface area (Å²) < 4.78 is 34.7. The van der Waals surface area contributed by atoms with Gasteiger partial charge in [0.15, 0.2) is 6.10 Å². The molecule has 0 bridgehead atoms. The second kappa shape index (κ2) is 7.98. The third-order valence-electron chi connectivity index (χ3n) is 4.24. The lowest BCUT2D eigenvalue weighted by Gasteiger charge is -2.29. The van der Waals surface area contributed by atoms with Crippen molar-refractivity contribution in [2.24, 2.45) is 11.1 Å². The van der Waals surface area contributed by atoms with E-state index in [-0.39, 0.29) is 5.75 Å². The van der Waals surface area contributed by atoms with Crippen molar-refractivity contribution in [1.82, 2.24) is 9.97 Å². The van der Waals surface area contributed by atoms with Crippen LogP contribution in [0.3, 0.4) is 0 Å². The summed E-state index contributed by atoms with van der Waals surface area (Å²) in [7, 11) is 0. The molecule has 0 fully saturated rings. The van der Waals surface area contributed by atoms with Gasteiger partial charge in [0.2, 0.25) is 0 Å². The minimum Gasteiger partial charge on any atom is -0.439 e. The lowest BCUT2D eigenvalue weighted by molar-refractivity contribution is -0.0498. The molecule has 1 aromatic carbocycles. The summed E-state index contributed by atoms with van der Waals surface area (Å²) in [6, 6.07) is 11.7. The Morgan fingerprint density at radius 2 is 1.90 bits per heavy atom. The number of hydrogen-bond donors (Lipinski definition) is 1. The smallest absolute Gasteiger partial charge is 0.405 e. The van der Waals surface area contributed by atoms with Crippen molar-refractivity contribution in [3.05, 3.63) is 54.4 Å². The van der Waals surface area contributed by atoms with Crippen molar-refractivity contribution in [3.63, 3.8) is 0 Å². The van der Waals surface area contributed by atoms with Crippen molar-refractivity contribution in [2.75, 3.05) is 0 Å². The van der Waals surface area contributed by atoms with Crippen LogP contribution in [0.15, 0.2) is 48.7 Å². The topological polar surface area (TPSA) is 87.3 Å². The number of hydrogen-bond acceptors (Lipinski definition) is 5. The van der Waals surface area contributed by atoms with Gasteiger partial charge in [-0.2, -0.15) is 8.78 Å². The Labute approximate surface area is 166 Å². The third kappa shape index (κ3) is 4.96. The molecular formula is C21H21F2N3O3. The molecule has 8 heteroatoms. The lowest BCUT2D eigenvalue weighted by atomic mass is 9.86. The van der Waals surface area contributed by atoms with Gasteiger partial charge in [0.1, 0.15) is 5.75 Å². The Bertz CT molecular complexity index is 1040. The highest BCUT2D eigenvalue weighted by molar-refractivity contribution is 5.81. The van der Waals surface area contributed by atoms with Gasteiger partial charge in [-0.3, -0.25) is 4.98 Å². The monoisotopic (exact) mass is 401 g/mol. The van der Waals surface area contributed by atoms with Gasteiger partial charge in [-0.25, -0.2) is 9.78 Å². The predicted octanol–water partition coefficient (Wildman–Crippen LogP) is 5.08. The fraction of sp³-hybridized carbons (Fsp3) is 0.286. The predicted molar refractivity (Wildman–Crippen MR) is 104 cm³/mol. The molecule has 0 saturated heterocycles. The molecule has 1 amide bonds. The Kier molecular flexibility index (Phi) is 5.63. The van der Waals surface area contributed by atoms with Crippen molar-refractivity contribution in [1.29, 1.82) is 0 Å². The van der Waals surface area contributed by atoms with Crippen molar-refractivity contribution in [3.8, 4) is 17.0 Å². The number of fused-ring (bicyclic) bond motifs is 1. The molecule has 0 aliphatic heterocycles. The Morgan fingerprint density at radius 1 is 1.14 bits per heavy atom. The molecular weight excluding hydrogens is 380 g/mol. The van der Waals surface area contributed by atoms with Crippen molar-refractivity contribution < 1.29 is 23.0 Å². The fourth-order valence-corrected chi connectivity index (χ4v) is 2.96. The van der Waals surface area contributed by atoms with E-state index in [0.717, 1.165) is 5.39 Å². The zero-order valence-corrected chi connectivity index (χ0v) is 16.2. The van der Waals surface area contributed by atoms with Crippen LogP contribution < -0.4 is 10.5 Å². The molecule has 2 N–H and O–H groups in total. The van der Waals surface area contributed by atoms with E-state index in [1.807, 2.05) is 26.8 Å². The lowest BCUT2D eigenvalue weighted by Crippen LogP contribution is -2.27. The first-order valence-electron chi connectivity index (χ1n) is 8.91. The molecule has 1 atom stereocenters. The third-order valence-corrected chi connectivity index (χ3v) is 4.24. The number of ether oxygens (including phenoxy) is 2. The number of carbonyl (C=O) groups excluding carboxylic acids is 1. The largest absolute Gasteiger partial charge is 0.439 e. The number of benzene rings is 1. The first kappa shape index (κ1) is 20.4. The number of halogens is 2. The highest BCUT2D eigenvalue weighted by Crippen LogP contribution is 2.36. The molecule has 0 radical (unpaired) electrons.